The van der Waals surface area contributed by atoms with E-state index in [0.29, 0.717) is 15.7 Å². The zero-order valence-electron chi connectivity index (χ0n) is 12.7. The van der Waals surface area contributed by atoms with E-state index in [1.165, 1.54) is 6.08 Å². The van der Waals surface area contributed by atoms with Gasteiger partial charge in [0.1, 0.15) is 5.75 Å². The summed E-state index contributed by atoms with van der Waals surface area (Å²) >= 11 is 17.0. The smallest absolute Gasteiger partial charge is 0.250 e. The Bertz CT molecular complexity index is 777. The number of ether oxygens (including phenoxy) is 1. The molecule has 0 aliphatic carbocycles. The van der Waals surface area contributed by atoms with Crippen molar-refractivity contribution in [2.75, 3.05) is 12.4 Å². The molecule has 4 nitrogen and oxygen atoms in total. The molecule has 0 atom stereocenters. The van der Waals surface area contributed by atoms with Gasteiger partial charge in [0.15, 0.2) is 5.11 Å². The highest BCUT2D eigenvalue weighted by atomic mass is 35.5. The van der Waals surface area contributed by atoms with Gasteiger partial charge in [0.2, 0.25) is 5.91 Å². The molecule has 2 aromatic carbocycles. The molecule has 0 saturated heterocycles. The number of nitrogens with one attached hydrogen (secondary N) is 2. The first kappa shape index (κ1) is 18.3. The van der Waals surface area contributed by atoms with Crippen molar-refractivity contribution in [3.8, 4) is 5.75 Å². The summed E-state index contributed by atoms with van der Waals surface area (Å²) in [5.41, 5.74) is 1.39. The van der Waals surface area contributed by atoms with Gasteiger partial charge in [0.25, 0.3) is 0 Å². The maximum absolute atomic E-state index is 11.9. The third-order valence-corrected chi connectivity index (χ3v) is 3.73. The first-order chi connectivity index (χ1) is 11.5. The van der Waals surface area contributed by atoms with Gasteiger partial charge in [-0.3, -0.25) is 10.1 Å². The zero-order valence-corrected chi connectivity index (χ0v) is 15.0. The molecular formula is C17H14Cl2N2O2S. The molecule has 0 bridgehead atoms. The minimum atomic E-state index is -0.360. The molecule has 0 unspecified atom stereocenters. The number of carbonyl (C=O) groups is 1. The van der Waals surface area contributed by atoms with Gasteiger partial charge in [-0.2, -0.15) is 0 Å². The predicted molar refractivity (Wildman–Crippen MR) is 103 cm³/mol. The number of hydrogen-bond acceptors (Lipinski definition) is 3. The molecule has 0 fully saturated rings. The quantitative estimate of drug-likeness (QED) is 0.604. The van der Waals surface area contributed by atoms with Gasteiger partial charge in [0, 0.05) is 11.1 Å². The molecule has 2 aromatic rings. The first-order valence-corrected chi connectivity index (χ1v) is 8.03. The van der Waals surface area contributed by atoms with Gasteiger partial charge in [-0.05, 0) is 54.2 Å². The van der Waals surface area contributed by atoms with Gasteiger partial charge in [0.05, 0.1) is 17.8 Å². The number of amides is 1. The Kier molecular flexibility index (Phi) is 6.61. The Morgan fingerprint density at radius 3 is 2.54 bits per heavy atom. The Labute approximate surface area is 155 Å². The minimum Gasteiger partial charge on any atom is -0.497 e. The Balaban J connectivity index is 1.92. The number of methoxy groups -OCH3 is 1. The van der Waals surface area contributed by atoms with Gasteiger partial charge >= 0.3 is 0 Å². The molecule has 24 heavy (non-hydrogen) atoms. The lowest BCUT2D eigenvalue weighted by molar-refractivity contribution is -0.115. The maximum Gasteiger partial charge on any atom is 0.250 e. The third kappa shape index (κ3) is 5.53. The Morgan fingerprint density at radius 1 is 1.17 bits per heavy atom. The highest BCUT2D eigenvalue weighted by molar-refractivity contribution is 7.80. The summed E-state index contributed by atoms with van der Waals surface area (Å²) in [6.45, 7) is 0. The van der Waals surface area contributed by atoms with E-state index in [4.69, 9.17) is 40.2 Å². The summed E-state index contributed by atoms with van der Waals surface area (Å²) in [6, 6.07) is 12.2. The summed E-state index contributed by atoms with van der Waals surface area (Å²) < 4.78 is 5.07. The summed E-state index contributed by atoms with van der Waals surface area (Å²) in [6.07, 6.45) is 3.05. The first-order valence-electron chi connectivity index (χ1n) is 6.87. The maximum atomic E-state index is 11.9. The van der Waals surface area contributed by atoms with E-state index in [-0.39, 0.29) is 11.0 Å². The lowest BCUT2D eigenvalue weighted by atomic mass is 10.2. The summed E-state index contributed by atoms with van der Waals surface area (Å²) in [4.78, 5) is 11.9. The average molecular weight is 381 g/mol. The van der Waals surface area contributed by atoms with E-state index >= 15 is 0 Å². The van der Waals surface area contributed by atoms with Gasteiger partial charge in [-0.1, -0.05) is 35.3 Å². The highest BCUT2D eigenvalue weighted by Crippen LogP contribution is 2.25. The van der Waals surface area contributed by atoms with Gasteiger partial charge in [-0.15, -0.1) is 0 Å². The molecule has 0 aromatic heterocycles. The van der Waals surface area contributed by atoms with Crippen LogP contribution >= 0.6 is 35.4 Å². The van der Waals surface area contributed by atoms with Gasteiger partial charge < -0.3 is 10.1 Å². The molecule has 0 aliphatic heterocycles. The second kappa shape index (κ2) is 8.68. The van der Waals surface area contributed by atoms with Crippen LogP contribution in [0.3, 0.4) is 0 Å². The highest BCUT2D eigenvalue weighted by Gasteiger charge is 2.05. The largest absolute Gasteiger partial charge is 0.497 e. The number of carbonyl (C=O) groups excluding carboxylic acids is 1. The van der Waals surface area contributed by atoms with Crippen molar-refractivity contribution in [2.45, 2.75) is 0 Å². The number of anilines is 1. The van der Waals surface area contributed by atoms with E-state index in [9.17, 15) is 4.79 Å². The van der Waals surface area contributed by atoms with Crippen molar-refractivity contribution >= 4 is 58.2 Å². The number of halogens is 2. The summed E-state index contributed by atoms with van der Waals surface area (Å²) in [5.74, 6) is 0.391. The van der Waals surface area contributed by atoms with Crippen molar-refractivity contribution in [3.05, 3.63) is 64.1 Å². The summed E-state index contributed by atoms with van der Waals surface area (Å²) in [5, 5.41) is 6.45. The molecular weight excluding hydrogens is 367 g/mol. The molecule has 2 rings (SSSR count). The molecule has 7 heteroatoms. The fourth-order valence-electron chi connectivity index (χ4n) is 1.79. The van der Waals surface area contributed by atoms with Crippen LogP contribution in [0.4, 0.5) is 5.69 Å². The van der Waals surface area contributed by atoms with Crippen molar-refractivity contribution in [3.63, 3.8) is 0 Å². The molecule has 0 saturated carbocycles. The minimum absolute atomic E-state index is 0.128. The average Bonchev–Trinajstić information content (AvgIpc) is 2.56. The Hall–Kier alpha value is -2.08. The Morgan fingerprint density at radius 2 is 1.88 bits per heavy atom. The normalized spacial score (nSPS) is 10.5. The van der Waals surface area contributed by atoms with Crippen molar-refractivity contribution in [1.29, 1.82) is 0 Å². The molecule has 0 spiro atoms. The topological polar surface area (TPSA) is 50.4 Å². The number of rotatable bonds is 4. The van der Waals surface area contributed by atoms with E-state index in [1.54, 1.807) is 31.4 Å². The fraction of sp³-hybridized carbons (Fsp3) is 0.0588. The van der Waals surface area contributed by atoms with Crippen LogP contribution in [0.5, 0.6) is 5.75 Å². The zero-order chi connectivity index (χ0) is 17.5. The second-order valence-corrected chi connectivity index (χ2v) is 5.93. The lowest BCUT2D eigenvalue weighted by Gasteiger charge is -2.10. The van der Waals surface area contributed by atoms with Crippen LogP contribution < -0.4 is 15.4 Å². The molecule has 124 valence electrons. The van der Waals surface area contributed by atoms with Crippen LogP contribution in [0.2, 0.25) is 10.0 Å². The monoisotopic (exact) mass is 380 g/mol. The van der Waals surface area contributed by atoms with E-state index in [1.807, 2.05) is 24.3 Å². The van der Waals surface area contributed by atoms with Crippen LogP contribution in [-0.2, 0) is 4.79 Å². The van der Waals surface area contributed by atoms with Gasteiger partial charge in [-0.25, -0.2) is 0 Å². The standard InChI is InChI=1S/C17H14Cl2N2O2S/c1-23-13-6-2-11(3-7-13)4-9-16(22)21-17(24)20-15-10-12(18)5-8-14(15)19/h2-10H,1H3,(H2,20,21,22,24). The van der Waals surface area contributed by atoms with E-state index in [2.05, 4.69) is 10.6 Å². The molecule has 1 amide bonds. The van der Waals surface area contributed by atoms with Crippen LogP contribution in [0.15, 0.2) is 48.5 Å². The fourth-order valence-corrected chi connectivity index (χ4v) is 2.33. The number of benzene rings is 2. The van der Waals surface area contributed by atoms with E-state index in [0.717, 1.165) is 11.3 Å². The molecule has 0 heterocycles. The van der Waals surface area contributed by atoms with Crippen LogP contribution in [0.25, 0.3) is 6.08 Å². The second-order valence-electron chi connectivity index (χ2n) is 4.67. The SMILES string of the molecule is COc1ccc(C=CC(=O)NC(=S)Nc2cc(Cl)ccc2Cl)cc1. The van der Waals surface area contributed by atoms with Crippen molar-refractivity contribution in [1.82, 2.24) is 5.32 Å². The van der Waals surface area contributed by atoms with Crippen LogP contribution in [-0.4, -0.2) is 18.1 Å². The van der Waals surface area contributed by atoms with Crippen LogP contribution in [0, 0.1) is 0 Å². The molecule has 0 aliphatic rings. The summed E-state index contributed by atoms with van der Waals surface area (Å²) in [7, 11) is 1.60. The third-order valence-electron chi connectivity index (χ3n) is 2.96. The molecule has 0 radical (unpaired) electrons. The van der Waals surface area contributed by atoms with Crippen LogP contribution in [0.1, 0.15) is 5.56 Å². The van der Waals surface area contributed by atoms with Crippen molar-refractivity contribution < 1.29 is 9.53 Å². The molecule has 2 N–H and O–H groups in total. The number of hydrogen-bond donors (Lipinski definition) is 2. The van der Waals surface area contributed by atoms with Crippen molar-refractivity contribution in [2.24, 2.45) is 0 Å². The number of thiocarbonyl (C=S) groups is 1. The lowest BCUT2D eigenvalue weighted by Crippen LogP contribution is -2.32. The predicted octanol–water partition coefficient (Wildman–Crippen LogP) is 4.53. The van der Waals surface area contributed by atoms with E-state index < -0.39 is 0 Å².